The molecule has 2 aromatic rings. The Balaban J connectivity index is 2.35. The summed E-state index contributed by atoms with van der Waals surface area (Å²) in [5, 5.41) is 1.90. The maximum atomic E-state index is 13.4. The van der Waals surface area contributed by atoms with E-state index in [0.29, 0.717) is 12.1 Å². The Labute approximate surface area is 110 Å². The molecule has 0 saturated carbocycles. The number of anilines is 2. The summed E-state index contributed by atoms with van der Waals surface area (Å²) in [5.41, 5.74) is 4.26. The summed E-state index contributed by atoms with van der Waals surface area (Å²) in [7, 11) is 0. The minimum absolute atomic E-state index is 0.304. The van der Waals surface area contributed by atoms with Crippen LogP contribution >= 0.6 is 0 Å². The molecule has 0 bridgehead atoms. The summed E-state index contributed by atoms with van der Waals surface area (Å²) < 4.78 is 52.2. The van der Waals surface area contributed by atoms with Gasteiger partial charge in [-0.05, 0) is 6.07 Å². The Morgan fingerprint density at radius 1 is 1.10 bits per heavy atom. The SMILES string of the molecule is Nc1ncc(F)cc1C(=O)Nc1cc(F)cc(F)c1F. The molecule has 1 aromatic carbocycles. The van der Waals surface area contributed by atoms with Crippen molar-refractivity contribution in [3.63, 3.8) is 0 Å². The highest BCUT2D eigenvalue weighted by Crippen LogP contribution is 2.21. The zero-order chi connectivity index (χ0) is 14.9. The van der Waals surface area contributed by atoms with E-state index in [0.717, 1.165) is 12.3 Å². The molecule has 0 fully saturated rings. The third-order valence-electron chi connectivity index (χ3n) is 2.37. The summed E-state index contributed by atoms with van der Waals surface area (Å²) >= 11 is 0. The van der Waals surface area contributed by atoms with E-state index in [1.807, 2.05) is 5.32 Å². The molecule has 0 aliphatic rings. The number of pyridine rings is 1. The first-order valence-electron chi connectivity index (χ1n) is 5.25. The number of nitrogens with zero attached hydrogens (tertiary/aromatic N) is 1. The van der Waals surface area contributed by atoms with Crippen LogP contribution in [0, 0.1) is 23.3 Å². The lowest BCUT2D eigenvalue weighted by atomic mass is 10.2. The molecule has 0 aliphatic carbocycles. The van der Waals surface area contributed by atoms with Gasteiger partial charge in [-0.2, -0.15) is 0 Å². The molecular formula is C12H7F4N3O. The molecule has 8 heteroatoms. The first-order chi connectivity index (χ1) is 9.38. The van der Waals surface area contributed by atoms with Gasteiger partial charge >= 0.3 is 0 Å². The van der Waals surface area contributed by atoms with Crippen molar-refractivity contribution >= 4 is 17.4 Å². The van der Waals surface area contributed by atoms with E-state index < -0.39 is 34.9 Å². The van der Waals surface area contributed by atoms with Crippen LogP contribution in [0.1, 0.15) is 10.4 Å². The Kier molecular flexibility index (Phi) is 3.55. The van der Waals surface area contributed by atoms with Crippen molar-refractivity contribution in [1.82, 2.24) is 4.98 Å². The summed E-state index contributed by atoms with van der Waals surface area (Å²) in [6.45, 7) is 0. The Hall–Kier alpha value is -2.64. The molecule has 2 rings (SSSR count). The van der Waals surface area contributed by atoms with Gasteiger partial charge in [0.15, 0.2) is 11.6 Å². The van der Waals surface area contributed by atoms with E-state index in [1.165, 1.54) is 0 Å². The Bertz CT molecular complexity index is 691. The normalized spacial score (nSPS) is 10.4. The molecule has 1 amide bonds. The van der Waals surface area contributed by atoms with Crippen LogP contribution in [-0.2, 0) is 0 Å². The molecule has 1 heterocycles. The van der Waals surface area contributed by atoms with Gasteiger partial charge in [0.05, 0.1) is 17.4 Å². The van der Waals surface area contributed by atoms with Crippen molar-refractivity contribution in [2.24, 2.45) is 0 Å². The van der Waals surface area contributed by atoms with Crippen LogP contribution in [0.4, 0.5) is 29.1 Å². The number of hydrogen-bond donors (Lipinski definition) is 2. The number of benzene rings is 1. The number of carbonyl (C=O) groups is 1. The molecule has 0 saturated heterocycles. The van der Waals surface area contributed by atoms with E-state index in [-0.39, 0.29) is 11.4 Å². The lowest BCUT2D eigenvalue weighted by Gasteiger charge is -2.08. The maximum Gasteiger partial charge on any atom is 0.259 e. The number of amides is 1. The standard InChI is InChI=1S/C12H7F4N3O/c13-5-2-8(15)10(16)9(3-5)19-12(20)7-1-6(14)4-18-11(7)17/h1-4H,(H2,17,18)(H,19,20). The molecule has 0 unspecified atom stereocenters. The molecule has 3 N–H and O–H groups in total. The predicted octanol–water partition coefficient (Wildman–Crippen LogP) is 2.47. The average Bonchev–Trinajstić information content (AvgIpc) is 2.38. The van der Waals surface area contributed by atoms with E-state index >= 15 is 0 Å². The first kappa shape index (κ1) is 13.8. The van der Waals surface area contributed by atoms with Gasteiger partial charge in [0.2, 0.25) is 0 Å². The fraction of sp³-hybridized carbons (Fsp3) is 0. The highest BCUT2D eigenvalue weighted by atomic mass is 19.2. The summed E-state index contributed by atoms with van der Waals surface area (Å²) in [6, 6.07) is 1.67. The minimum atomic E-state index is -1.47. The highest BCUT2D eigenvalue weighted by molar-refractivity contribution is 6.07. The van der Waals surface area contributed by atoms with Crippen LogP contribution in [-0.4, -0.2) is 10.9 Å². The third kappa shape index (κ3) is 2.68. The summed E-state index contributed by atoms with van der Waals surface area (Å²) in [5.74, 6) is -6.17. The number of hydrogen-bond acceptors (Lipinski definition) is 3. The number of nitrogen functional groups attached to an aromatic ring is 1. The van der Waals surface area contributed by atoms with E-state index in [4.69, 9.17) is 5.73 Å². The predicted molar refractivity (Wildman–Crippen MR) is 62.9 cm³/mol. The van der Waals surface area contributed by atoms with Gasteiger partial charge < -0.3 is 11.1 Å². The largest absolute Gasteiger partial charge is 0.383 e. The van der Waals surface area contributed by atoms with E-state index in [9.17, 15) is 22.4 Å². The monoisotopic (exact) mass is 285 g/mol. The molecule has 0 atom stereocenters. The third-order valence-corrected chi connectivity index (χ3v) is 2.37. The smallest absolute Gasteiger partial charge is 0.259 e. The molecule has 0 aliphatic heterocycles. The lowest BCUT2D eigenvalue weighted by molar-refractivity contribution is 0.102. The highest BCUT2D eigenvalue weighted by Gasteiger charge is 2.17. The number of carbonyl (C=O) groups excluding carboxylic acids is 1. The number of rotatable bonds is 2. The van der Waals surface area contributed by atoms with Crippen LogP contribution in [0.25, 0.3) is 0 Å². The van der Waals surface area contributed by atoms with Crippen molar-refractivity contribution < 1.29 is 22.4 Å². The Morgan fingerprint density at radius 2 is 1.80 bits per heavy atom. The second-order valence-corrected chi connectivity index (χ2v) is 3.79. The number of nitrogens with two attached hydrogens (primary N) is 1. The van der Waals surface area contributed by atoms with Gasteiger partial charge in [0.1, 0.15) is 17.5 Å². The van der Waals surface area contributed by atoms with Gasteiger partial charge in [-0.3, -0.25) is 4.79 Å². The minimum Gasteiger partial charge on any atom is -0.383 e. The van der Waals surface area contributed by atoms with Crippen molar-refractivity contribution in [1.29, 1.82) is 0 Å². The first-order valence-corrected chi connectivity index (χ1v) is 5.25. The second kappa shape index (κ2) is 5.16. The molecule has 4 nitrogen and oxygen atoms in total. The topological polar surface area (TPSA) is 68.0 Å². The van der Waals surface area contributed by atoms with Crippen molar-refractivity contribution in [3.05, 3.63) is 53.2 Å². The average molecular weight is 285 g/mol. The molecule has 0 spiro atoms. The summed E-state index contributed by atoms with van der Waals surface area (Å²) in [4.78, 5) is 15.2. The van der Waals surface area contributed by atoms with Gasteiger partial charge in [-0.25, -0.2) is 22.5 Å². The molecule has 0 radical (unpaired) electrons. The molecule has 1 aromatic heterocycles. The number of nitrogens with one attached hydrogen (secondary N) is 1. The van der Waals surface area contributed by atoms with Crippen LogP contribution < -0.4 is 11.1 Å². The maximum absolute atomic E-state index is 13.4. The van der Waals surface area contributed by atoms with Gasteiger partial charge in [0, 0.05) is 12.1 Å². The van der Waals surface area contributed by atoms with Crippen molar-refractivity contribution in [3.8, 4) is 0 Å². The van der Waals surface area contributed by atoms with Crippen LogP contribution in [0.15, 0.2) is 24.4 Å². The lowest BCUT2D eigenvalue weighted by Crippen LogP contribution is -2.16. The Morgan fingerprint density at radius 3 is 2.50 bits per heavy atom. The van der Waals surface area contributed by atoms with Crippen LogP contribution in [0.3, 0.4) is 0 Å². The van der Waals surface area contributed by atoms with Crippen molar-refractivity contribution in [2.75, 3.05) is 11.1 Å². The quantitative estimate of drug-likeness (QED) is 0.658. The molecular weight excluding hydrogens is 278 g/mol. The molecule has 20 heavy (non-hydrogen) atoms. The van der Waals surface area contributed by atoms with Crippen LogP contribution in [0.5, 0.6) is 0 Å². The zero-order valence-corrected chi connectivity index (χ0v) is 9.75. The zero-order valence-electron chi connectivity index (χ0n) is 9.75. The molecule has 104 valence electrons. The fourth-order valence-electron chi connectivity index (χ4n) is 1.47. The van der Waals surface area contributed by atoms with E-state index in [1.54, 1.807) is 0 Å². The van der Waals surface area contributed by atoms with Crippen LogP contribution in [0.2, 0.25) is 0 Å². The number of halogens is 4. The van der Waals surface area contributed by atoms with E-state index in [2.05, 4.69) is 4.98 Å². The second-order valence-electron chi connectivity index (χ2n) is 3.79. The van der Waals surface area contributed by atoms with Gasteiger partial charge in [0.25, 0.3) is 5.91 Å². The van der Waals surface area contributed by atoms with Crippen molar-refractivity contribution in [2.45, 2.75) is 0 Å². The number of aromatic nitrogens is 1. The van der Waals surface area contributed by atoms with Gasteiger partial charge in [-0.1, -0.05) is 0 Å². The van der Waals surface area contributed by atoms with Gasteiger partial charge in [-0.15, -0.1) is 0 Å². The fourth-order valence-corrected chi connectivity index (χ4v) is 1.47. The summed E-state index contributed by atoms with van der Waals surface area (Å²) in [6.07, 6.45) is 0.786.